The molecule has 1 nitrogen and oxygen atoms in total. The van der Waals surface area contributed by atoms with E-state index in [1.807, 2.05) is 0 Å². The van der Waals surface area contributed by atoms with Crippen LogP contribution in [0.5, 0.6) is 0 Å². The molecule has 0 radical (unpaired) electrons. The van der Waals surface area contributed by atoms with Crippen LogP contribution in [0.4, 0.5) is 0 Å². The van der Waals surface area contributed by atoms with Crippen molar-refractivity contribution in [3.8, 4) is 0 Å². The van der Waals surface area contributed by atoms with Crippen molar-refractivity contribution >= 4 is 15.7 Å². The van der Waals surface area contributed by atoms with Gasteiger partial charge in [0.15, 0.2) is 0 Å². The summed E-state index contributed by atoms with van der Waals surface area (Å²) in [4.78, 5) is 2.61. The van der Waals surface area contributed by atoms with Crippen LogP contribution in [0.25, 0.3) is 0 Å². The zero-order valence-corrected chi connectivity index (χ0v) is 9.59. The summed E-state index contributed by atoms with van der Waals surface area (Å²) in [6, 6.07) is 0. The topological polar surface area (TPSA) is 3.24 Å². The van der Waals surface area contributed by atoms with Gasteiger partial charge in [-0.05, 0) is 42.8 Å². The van der Waals surface area contributed by atoms with Crippen LogP contribution in [0.2, 0.25) is 0 Å². The first-order valence-electron chi connectivity index (χ1n) is 5.76. The minimum absolute atomic E-state index is 0.248. The van der Waals surface area contributed by atoms with Crippen molar-refractivity contribution in [1.82, 2.24) is 4.90 Å². The van der Waals surface area contributed by atoms with Gasteiger partial charge in [-0.1, -0.05) is 25.2 Å². The molecule has 0 aromatic heterocycles. The molecule has 1 aliphatic carbocycles. The number of rotatable bonds is 2. The normalized spacial score (nSPS) is 28.4. The molecular weight excluding hydrogens is 168 g/mol. The molecule has 14 heavy (non-hydrogen) atoms. The largest absolute Gasteiger partial charge is 0.309 e. The van der Waals surface area contributed by atoms with Gasteiger partial charge in [0.25, 0.3) is 0 Å². The lowest BCUT2D eigenvalue weighted by atomic mass is 9.56. The Morgan fingerprint density at radius 1 is 1.36 bits per heavy atom. The van der Waals surface area contributed by atoms with Crippen LogP contribution < -0.4 is 0 Å². The van der Waals surface area contributed by atoms with Crippen LogP contribution in [0.1, 0.15) is 19.8 Å². The molecule has 0 aromatic rings. The Morgan fingerprint density at radius 3 is 2.50 bits per heavy atom. The maximum absolute atomic E-state index is 2.61. The molecule has 74 valence electrons. The predicted octanol–water partition coefficient (Wildman–Crippen LogP) is 0.134. The molecule has 1 saturated heterocycles. The van der Waals surface area contributed by atoms with Gasteiger partial charge in [-0.3, -0.25) is 0 Å². The summed E-state index contributed by atoms with van der Waals surface area (Å²) in [5.41, 5.74) is 1.51. The van der Waals surface area contributed by atoms with E-state index < -0.39 is 0 Å². The molecule has 1 aliphatic heterocycles. The van der Waals surface area contributed by atoms with Crippen molar-refractivity contribution in [1.29, 1.82) is 0 Å². The first-order valence-corrected chi connectivity index (χ1v) is 5.76. The maximum Gasteiger partial charge on any atom is 0.122 e. The SMILES string of the molecule is BC(B)(C1=CC(C)C=C1)N1CCCC1. The van der Waals surface area contributed by atoms with Crippen molar-refractivity contribution in [2.24, 2.45) is 5.92 Å². The average Bonchev–Trinajstić information content (AvgIpc) is 2.72. The lowest BCUT2D eigenvalue weighted by Gasteiger charge is -2.36. The quantitative estimate of drug-likeness (QED) is 0.555. The Kier molecular flexibility index (Phi) is 2.61. The summed E-state index contributed by atoms with van der Waals surface area (Å²) in [7, 11) is 4.71. The Labute approximate surface area is 89.1 Å². The third-order valence-electron chi connectivity index (χ3n) is 3.62. The summed E-state index contributed by atoms with van der Waals surface area (Å²) >= 11 is 0. The van der Waals surface area contributed by atoms with E-state index in [1.165, 1.54) is 31.5 Å². The molecule has 2 aliphatic rings. The number of hydrogen-bond donors (Lipinski definition) is 0. The van der Waals surface area contributed by atoms with Gasteiger partial charge < -0.3 is 4.90 Å². The average molecular weight is 187 g/mol. The standard InChI is InChI=1S/C11H19B2N/c1-9-4-5-10(8-9)11(12,13)14-6-2-3-7-14/h4-5,8-9H,2-3,6-7,12-13H2,1H3. The number of likely N-dealkylation sites (tertiary alicyclic amines) is 1. The van der Waals surface area contributed by atoms with Crippen LogP contribution in [0, 0.1) is 5.92 Å². The monoisotopic (exact) mass is 187 g/mol. The third kappa shape index (κ3) is 1.70. The lowest BCUT2D eigenvalue weighted by molar-refractivity contribution is 0.309. The molecule has 0 aromatic carbocycles. The van der Waals surface area contributed by atoms with E-state index in [0.29, 0.717) is 5.92 Å². The fourth-order valence-corrected chi connectivity index (χ4v) is 2.52. The fraction of sp³-hybridized carbons (Fsp3) is 0.636. The highest BCUT2D eigenvalue weighted by Crippen LogP contribution is 2.28. The van der Waals surface area contributed by atoms with Crippen molar-refractivity contribution in [3.05, 3.63) is 23.8 Å². The van der Waals surface area contributed by atoms with E-state index >= 15 is 0 Å². The van der Waals surface area contributed by atoms with Crippen LogP contribution in [-0.4, -0.2) is 39.0 Å². The highest BCUT2D eigenvalue weighted by atomic mass is 15.2. The smallest absolute Gasteiger partial charge is 0.122 e. The van der Waals surface area contributed by atoms with Gasteiger partial charge in [-0.25, -0.2) is 0 Å². The molecule has 1 heterocycles. The van der Waals surface area contributed by atoms with Gasteiger partial charge in [0.2, 0.25) is 0 Å². The van der Waals surface area contributed by atoms with Crippen LogP contribution in [-0.2, 0) is 0 Å². The van der Waals surface area contributed by atoms with Crippen LogP contribution in [0.15, 0.2) is 23.8 Å². The van der Waals surface area contributed by atoms with Crippen LogP contribution >= 0.6 is 0 Å². The van der Waals surface area contributed by atoms with Gasteiger partial charge in [-0.2, -0.15) is 0 Å². The van der Waals surface area contributed by atoms with E-state index in [0.717, 1.165) is 0 Å². The predicted molar refractivity (Wildman–Crippen MR) is 67.0 cm³/mol. The molecule has 2 rings (SSSR count). The number of nitrogens with zero attached hydrogens (tertiary/aromatic N) is 1. The molecule has 1 unspecified atom stereocenters. The second-order valence-corrected chi connectivity index (χ2v) is 5.09. The molecule has 0 N–H and O–H groups in total. The second kappa shape index (κ2) is 3.62. The van der Waals surface area contributed by atoms with E-state index in [-0.39, 0.29) is 5.34 Å². The molecule has 1 fully saturated rings. The minimum Gasteiger partial charge on any atom is -0.309 e. The molecule has 1 atom stereocenters. The first kappa shape index (κ1) is 10.1. The summed E-state index contributed by atoms with van der Waals surface area (Å²) in [5, 5.41) is 0.248. The molecule has 0 spiro atoms. The van der Waals surface area contributed by atoms with Crippen molar-refractivity contribution in [3.63, 3.8) is 0 Å². The summed E-state index contributed by atoms with van der Waals surface area (Å²) in [6.07, 6.45) is 9.75. The summed E-state index contributed by atoms with van der Waals surface area (Å²) < 4.78 is 0. The Balaban J connectivity index is 2.15. The van der Waals surface area contributed by atoms with Crippen molar-refractivity contribution in [2.75, 3.05) is 13.1 Å². The van der Waals surface area contributed by atoms with Crippen molar-refractivity contribution in [2.45, 2.75) is 25.1 Å². The maximum atomic E-state index is 2.61. The Hall–Kier alpha value is -0.430. The van der Waals surface area contributed by atoms with E-state index in [9.17, 15) is 0 Å². The zero-order chi connectivity index (χ0) is 10.2. The van der Waals surface area contributed by atoms with Gasteiger partial charge in [0.05, 0.1) is 0 Å². The molecule has 0 amide bonds. The number of hydrogen-bond acceptors (Lipinski definition) is 1. The fourth-order valence-electron chi connectivity index (χ4n) is 2.52. The summed E-state index contributed by atoms with van der Waals surface area (Å²) in [6.45, 7) is 4.79. The highest BCUT2D eigenvalue weighted by molar-refractivity contribution is 6.42. The Morgan fingerprint density at radius 2 is 2.00 bits per heavy atom. The third-order valence-corrected chi connectivity index (χ3v) is 3.62. The molecule has 0 saturated carbocycles. The van der Waals surface area contributed by atoms with Gasteiger partial charge in [-0.15, -0.1) is 0 Å². The van der Waals surface area contributed by atoms with E-state index in [1.54, 1.807) is 0 Å². The highest BCUT2D eigenvalue weighted by Gasteiger charge is 2.32. The van der Waals surface area contributed by atoms with Gasteiger partial charge in [0, 0.05) is 0 Å². The van der Waals surface area contributed by atoms with Crippen molar-refractivity contribution < 1.29 is 0 Å². The molecular formula is C11H19B2N. The van der Waals surface area contributed by atoms with Gasteiger partial charge in [0.1, 0.15) is 15.7 Å². The Bertz CT molecular complexity index is 275. The zero-order valence-electron chi connectivity index (χ0n) is 9.59. The van der Waals surface area contributed by atoms with E-state index in [4.69, 9.17) is 0 Å². The second-order valence-electron chi connectivity index (χ2n) is 5.09. The van der Waals surface area contributed by atoms with Crippen LogP contribution in [0.3, 0.4) is 0 Å². The minimum atomic E-state index is 0.248. The molecule has 3 heteroatoms. The first-order chi connectivity index (χ1) is 6.60. The summed E-state index contributed by atoms with van der Waals surface area (Å²) in [5.74, 6) is 0.631. The molecule has 0 bridgehead atoms. The van der Waals surface area contributed by atoms with E-state index in [2.05, 4.69) is 45.7 Å². The number of allylic oxidation sites excluding steroid dienone is 2. The lowest BCUT2D eigenvalue weighted by Crippen LogP contribution is -2.49. The van der Waals surface area contributed by atoms with Gasteiger partial charge >= 0.3 is 0 Å².